The number of nitrogens with one attached hydrogen (secondary N) is 2. The molecule has 26 heavy (non-hydrogen) atoms. The van der Waals surface area contributed by atoms with Gasteiger partial charge in [0.1, 0.15) is 5.54 Å². The van der Waals surface area contributed by atoms with Crippen molar-refractivity contribution >= 4 is 45.5 Å². The molecule has 2 N–H and O–H groups in total. The smallest absolute Gasteiger partial charge is 0.311 e. The van der Waals surface area contributed by atoms with Gasteiger partial charge in [-0.1, -0.05) is 29.8 Å². The highest BCUT2D eigenvalue weighted by Crippen LogP contribution is 2.32. The van der Waals surface area contributed by atoms with Crippen LogP contribution in [0.15, 0.2) is 28.6 Å². The Morgan fingerprint density at radius 1 is 1.31 bits per heavy atom. The van der Waals surface area contributed by atoms with Crippen LogP contribution in [-0.4, -0.2) is 62.5 Å². The van der Waals surface area contributed by atoms with Crippen molar-refractivity contribution in [2.24, 2.45) is 4.36 Å². The molecule has 0 bridgehead atoms. The van der Waals surface area contributed by atoms with Crippen LogP contribution < -0.4 is 10.6 Å². The average Bonchev–Trinajstić information content (AvgIpc) is 2.64. The standard InChI is InChI=1S/C16H22N4O3S3/c1-12-3-5-13(6-4-12)16(11-18-26(22)23,14(21)19-15(24)17-2)20-7-9-25-10-8-20/h3-6H,7-11H2,1-2H3,(H2,17,19,21,24). The van der Waals surface area contributed by atoms with Crippen LogP contribution in [0.4, 0.5) is 0 Å². The van der Waals surface area contributed by atoms with Crippen LogP contribution in [0.25, 0.3) is 0 Å². The summed E-state index contributed by atoms with van der Waals surface area (Å²) in [7, 11) is -0.995. The van der Waals surface area contributed by atoms with Gasteiger partial charge in [0, 0.05) is 31.6 Å². The maximum Gasteiger partial charge on any atom is 0.311 e. The van der Waals surface area contributed by atoms with Crippen molar-refractivity contribution in [3.8, 4) is 0 Å². The lowest BCUT2D eigenvalue weighted by atomic mass is 9.86. The molecule has 1 heterocycles. The Bertz CT molecular complexity index is 781. The molecule has 1 aromatic carbocycles. The Morgan fingerprint density at radius 3 is 2.46 bits per heavy atom. The number of thioether (sulfide) groups is 1. The van der Waals surface area contributed by atoms with Crippen molar-refractivity contribution in [3.05, 3.63) is 35.4 Å². The second-order valence-corrected chi connectivity index (χ2v) is 8.19. The number of hydrogen-bond donors (Lipinski definition) is 2. The normalized spacial score (nSPS) is 17.0. The molecule has 142 valence electrons. The fourth-order valence-corrected chi connectivity index (χ4v) is 4.20. The molecule has 7 nitrogen and oxygen atoms in total. The number of thiocarbonyl (C=S) groups is 1. The Hall–Kier alpha value is -1.49. The summed E-state index contributed by atoms with van der Waals surface area (Å²) in [4.78, 5) is 15.3. The maximum absolute atomic E-state index is 13.3. The van der Waals surface area contributed by atoms with Gasteiger partial charge in [0.25, 0.3) is 5.91 Å². The molecule has 1 fully saturated rings. The third kappa shape index (κ3) is 4.81. The Kier molecular flexibility index (Phi) is 7.56. The minimum Gasteiger partial charge on any atom is -0.365 e. The second-order valence-electron chi connectivity index (χ2n) is 5.86. The molecule has 1 saturated heterocycles. The van der Waals surface area contributed by atoms with Gasteiger partial charge in [-0.15, -0.1) is 0 Å². The van der Waals surface area contributed by atoms with Gasteiger partial charge in [0.05, 0.1) is 6.54 Å². The maximum atomic E-state index is 13.3. The molecule has 0 saturated carbocycles. The predicted octanol–water partition coefficient (Wildman–Crippen LogP) is 0.922. The number of benzene rings is 1. The summed E-state index contributed by atoms with van der Waals surface area (Å²) in [6.07, 6.45) is 0. The van der Waals surface area contributed by atoms with Crippen LogP contribution in [0, 0.1) is 6.92 Å². The van der Waals surface area contributed by atoms with E-state index in [2.05, 4.69) is 15.0 Å². The van der Waals surface area contributed by atoms with E-state index in [1.165, 1.54) is 0 Å². The SMILES string of the molecule is CNC(=S)NC(=O)C(CN=S(=O)=O)(c1ccc(C)cc1)N1CCSCC1. The summed E-state index contributed by atoms with van der Waals surface area (Å²) in [5.74, 6) is 1.33. The predicted molar refractivity (Wildman–Crippen MR) is 108 cm³/mol. The van der Waals surface area contributed by atoms with Gasteiger partial charge < -0.3 is 10.6 Å². The van der Waals surface area contributed by atoms with Crippen molar-refractivity contribution in [2.75, 3.05) is 38.2 Å². The first-order chi connectivity index (χ1) is 12.4. The molecule has 1 unspecified atom stereocenters. The molecule has 1 atom stereocenters. The molecule has 1 amide bonds. The zero-order valence-corrected chi connectivity index (χ0v) is 17.1. The second kappa shape index (κ2) is 9.45. The number of nitrogens with zero attached hydrogens (tertiary/aromatic N) is 2. The lowest BCUT2D eigenvalue weighted by molar-refractivity contribution is -0.132. The largest absolute Gasteiger partial charge is 0.365 e. The molecular weight excluding hydrogens is 392 g/mol. The topological polar surface area (TPSA) is 90.9 Å². The zero-order chi connectivity index (χ0) is 19.2. The number of hydrogen-bond acceptors (Lipinski definition) is 7. The number of amides is 1. The van der Waals surface area contributed by atoms with Gasteiger partial charge in [-0.3, -0.25) is 9.69 Å². The molecule has 1 aliphatic rings. The van der Waals surface area contributed by atoms with Gasteiger partial charge >= 0.3 is 10.5 Å². The highest BCUT2D eigenvalue weighted by molar-refractivity contribution is 7.99. The summed E-state index contributed by atoms with van der Waals surface area (Å²) >= 11 is 6.89. The summed E-state index contributed by atoms with van der Waals surface area (Å²) < 4.78 is 26.0. The van der Waals surface area contributed by atoms with Crippen molar-refractivity contribution in [3.63, 3.8) is 0 Å². The van der Waals surface area contributed by atoms with Gasteiger partial charge in [-0.2, -0.15) is 24.5 Å². The van der Waals surface area contributed by atoms with E-state index in [1.54, 1.807) is 18.8 Å². The first-order valence-corrected chi connectivity index (χ1v) is 10.7. The minimum absolute atomic E-state index is 0.182. The van der Waals surface area contributed by atoms with Crippen molar-refractivity contribution < 1.29 is 13.2 Å². The van der Waals surface area contributed by atoms with Crippen LogP contribution in [0.5, 0.6) is 0 Å². The van der Waals surface area contributed by atoms with Crippen LogP contribution in [-0.2, 0) is 20.8 Å². The molecule has 2 rings (SSSR count). The van der Waals surface area contributed by atoms with E-state index in [1.807, 2.05) is 36.1 Å². The number of carbonyl (C=O) groups excluding carboxylic acids is 1. The highest BCUT2D eigenvalue weighted by atomic mass is 32.2. The fourth-order valence-electron chi connectivity index (χ4n) is 2.91. The van der Waals surface area contributed by atoms with Crippen LogP contribution in [0.3, 0.4) is 0 Å². The monoisotopic (exact) mass is 414 g/mol. The number of aryl methyl sites for hydroxylation is 1. The lowest BCUT2D eigenvalue weighted by Gasteiger charge is -2.43. The fraction of sp³-hybridized carbons (Fsp3) is 0.500. The molecule has 0 spiro atoms. The quantitative estimate of drug-likeness (QED) is 0.693. The summed E-state index contributed by atoms with van der Waals surface area (Å²) in [6.45, 7) is 3.06. The molecule has 1 aliphatic heterocycles. The van der Waals surface area contributed by atoms with E-state index in [0.717, 1.165) is 17.1 Å². The van der Waals surface area contributed by atoms with E-state index in [4.69, 9.17) is 12.2 Å². The summed E-state index contributed by atoms with van der Waals surface area (Å²) in [5, 5.41) is 5.58. The third-order valence-electron chi connectivity index (χ3n) is 4.31. The van der Waals surface area contributed by atoms with E-state index in [9.17, 15) is 13.2 Å². The molecule has 1 aromatic rings. The first-order valence-electron chi connectivity index (χ1n) is 8.10. The van der Waals surface area contributed by atoms with E-state index < -0.39 is 16.0 Å². The van der Waals surface area contributed by atoms with E-state index in [0.29, 0.717) is 18.7 Å². The lowest BCUT2D eigenvalue weighted by Crippen LogP contribution is -2.61. The summed E-state index contributed by atoms with van der Waals surface area (Å²) in [6, 6.07) is 7.51. The van der Waals surface area contributed by atoms with E-state index >= 15 is 0 Å². The zero-order valence-electron chi connectivity index (χ0n) is 14.7. The average molecular weight is 415 g/mol. The molecule has 0 aliphatic carbocycles. The summed E-state index contributed by atoms with van der Waals surface area (Å²) in [5.41, 5.74) is 0.503. The van der Waals surface area contributed by atoms with Gasteiger partial charge in [0.2, 0.25) is 0 Å². The minimum atomic E-state index is -2.61. The van der Waals surface area contributed by atoms with Crippen LogP contribution in [0.2, 0.25) is 0 Å². The van der Waals surface area contributed by atoms with Gasteiger partial charge in [0.15, 0.2) is 5.11 Å². The molecular formula is C16H22N4O3S3. The number of carbonyl (C=O) groups is 1. The highest BCUT2D eigenvalue weighted by Gasteiger charge is 2.46. The van der Waals surface area contributed by atoms with Gasteiger partial charge in [-0.05, 0) is 24.7 Å². The van der Waals surface area contributed by atoms with Gasteiger partial charge in [-0.25, -0.2) is 0 Å². The van der Waals surface area contributed by atoms with Crippen LogP contribution in [0.1, 0.15) is 11.1 Å². The Balaban J connectivity index is 2.59. The Morgan fingerprint density at radius 2 is 1.92 bits per heavy atom. The van der Waals surface area contributed by atoms with E-state index in [-0.39, 0.29) is 17.6 Å². The molecule has 0 radical (unpaired) electrons. The van der Waals surface area contributed by atoms with Crippen molar-refractivity contribution in [2.45, 2.75) is 12.5 Å². The number of rotatable bonds is 5. The first kappa shape index (κ1) is 20.8. The Labute approximate surface area is 164 Å². The van der Waals surface area contributed by atoms with Crippen LogP contribution >= 0.6 is 24.0 Å². The van der Waals surface area contributed by atoms with Crippen molar-refractivity contribution in [1.82, 2.24) is 15.5 Å². The molecule has 0 aromatic heterocycles. The van der Waals surface area contributed by atoms with Crippen molar-refractivity contribution in [1.29, 1.82) is 0 Å². The molecule has 10 heteroatoms. The third-order valence-corrected chi connectivity index (χ3v) is 5.90.